The summed E-state index contributed by atoms with van der Waals surface area (Å²) in [6.45, 7) is 4.14. The van der Waals surface area contributed by atoms with Gasteiger partial charge in [0.2, 0.25) is 5.91 Å². The number of piperidine rings is 1. The van der Waals surface area contributed by atoms with Crippen LogP contribution < -0.4 is 5.32 Å². The quantitative estimate of drug-likeness (QED) is 0.699. The summed E-state index contributed by atoms with van der Waals surface area (Å²) >= 11 is 4.27. The Morgan fingerprint density at radius 2 is 2.07 bits per heavy atom. The van der Waals surface area contributed by atoms with Crippen molar-refractivity contribution in [2.75, 3.05) is 31.9 Å². The van der Waals surface area contributed by atoms with E-state index in [-0.39, 0.29) is 0 Å². The highest BCUT2D eigenvalue weighted by Gasteiger charge is 2.30. The Morgan fingerprint density at radius 1 is 1.33 bits per heavy atom. The Morgan fingerprint density at radius 3 is 2.67 bits per heavy atom. The molecule has 0 radical (unpaired) electrons. The number of carbonyl (C=O) groups excluding carboxylic acids is 1. The first-order chi connectivity index (χ1) is 7.29. The van der Waals surface area contributed by atoms with Gasteiger partial charge >= 0.3 is 0 Å². The van der Waals surface area contributed by atoms with Crippen LogP contribution >= 0.6 is 12.6 Å². The molecule has 0 spiro atoms. The second-order valence-corrected chi connectivity index (χ2v) is 5.11. The number of carbonyl (C=O) groups is 1. The largest absolute Gasteiger partial charge is 0.342 e. The van der Waals surface area contributed by atoms with Crippen molar-refractivity contribution in [1.82, 2.24) is 10.2 Å². The van der Waals surface area contributed by atoms with Gasteiger partial charge in [0.25, 0.3) is 0 Å². The summed E-state index contributed by atoms with van der Waals surface area (Å²) in [4.78, 5) is 13.7. The molecule has 2 aliphatic heterocycles. The fourth-order valence-corrected chi connectivity index (χ4v) is 2.77. The lowest BCUT2D eigenvalue weighted by atomic mass is 9.98. The van der Waals surface area contributed by atoms with Gasteiger partial charge in [0, 0.05) is 19.5 Å². The van der Waals surface area contributed by atoms with Gasteiger partial charge in [-0.2, -0.15) is 12.6 Å². The fourth-order valence-electron chi connectivity index (χ4n) is 2.53. The van der Waals surface area contributed by atoms with Crippen LogP contribution in [0.4, 0.5) is 0 Å². The van der Waals surface area contributed by atoms with E-state index in [4.69, 9.17) is 0 Å². The van der Waals surface area contributed by atoms with Gasteiger partial charge in [-0.3, -0.25) is 4.79 Å². The number of rotatable bonds is 3. The van der Waals surface area contributed by atoms with Crippen LogP contribution in [0.2, 0.25) is 0 Å². The van der Waals surface area contributed by atoms with Crippen molar-refractivity contribution in [2.24, 2.45) is 11.8 Å². The third-order valence-corrected chi connectivity index (χ3v) is 4.01. The Balaban J connectivity index is 1.81. The third kappa shape index (κ3) is 2.88. The summed E-state index contributed by atoms with van der Waals surface area (Å²) < 4.78 is 0. The molecule has 2 aliphatic rings. The highest BCUT2D eigenvalue weighted by molar-refractivity contribution is 7.80. The molecule has 1 N–H and O–H groups in total. The number of nitrogens with zero attached hydrogens (tertiary/aromatic N) is 1. The van der Waals surface area contributed by atoms with Gasteiger partial charge in [-0.25, -0.2) is 0 Å². The van der Waals surface area contributed by atoms with Crippen molar-refractivity contribution in [3.8, 4) is 0 Å². The highest BCUT2D eigenvalue weighted by atomic mass is 32.1. The van der Waals surface area contributed by atoms with Crippen LogP contribution in [0.15, 0.2) is 0 Å². The maximum atomic E-state index is 11.7. The van der Waals surface area contributed by atoms with E-state index in [0.717, 1.165) is 31.9 Å². The van der Waals surface area contributed by atoms with Crippen LogP contribution in [0.25, 0.3) is 0 Å². The molecule has 2 heterocycles. The van der Waals surface area contributed by atoms with E-state index in [2.05, 4.69) is 22.8 Å². The smallest absolute Gasteiger partial charge is 0.222 e. The number of likely N-dealkylation sites (tertiary alicyclic amines) is 1. The van der Waals surface area contributed by atoms with Crippen LogP contribution in [-0.2, 0) is 4.79 Å². The van der Waals surface area contributed by atoms with Crippen LogP contribution in [0.3, 0.4) is 0 Å². The predicted molar refractivity (Wildman–Crippen MR) is 64.1 cm³/mol. The molecular formula is C11H20N2OS. The van der Waals surface area contributed by atoms with E-state index < -0.39 is 0 Å². The molecule has 0 bridgehead atoms. The van der Waals surface area contributed by atoms with Gasteiger partial charge < -0.3 is 10.2 Å². The lowest BCUT2D eigenvalue weighted by Crippen LogP contribution is -2.37. The summed E-state index contributed by atoms with van der Waals surface area (Å²) in [6, 6.07) is 0. The molecular weight excluding hydrogens is 208 g/mol. The van der Waals surface area contributed by atoms with E-state index >= 15 is 0 Å². The molecule has 2 saturated heterocycles. The third-order valence-electron chi connectivity index (χ3n) is 3.49. The van der Waals surface area contributed by atoms with Gasteiger partial charge in [0.15, 0.2) is 0 Å². The van der Waals surface area contributed by atoms with Crippen molar-refractivity contribution in [1.29, 1.82) is 0 Å². The summed E-state index contributed by atoms with van der Waals surface area (Å²) in [7, 11) is 0. The molecule has 1 amide bonds. The van der Waals surface area contributed by atoms with E-state index in [1.54, 1.807) is 0 Å². The molecule has 1 atom stereocenters. The SMILES string of the molecule is O=C1CC(CS)CN1CC1CCNCC1. The number of amides is 1. The van der Waals surface area contributed by atoms with Crippen molar-refractivity contribution in [2.45, 2.75) is 19.3 Å². The highest BCUT2D eigenvalue weighted by Crippen LogP contribution is 2.22. The summed E-state index contributed by atoms with van der Waals surface area (Å²) in [6.07, 6.45) is 3.15. The van der Waals surface area contributed by atoms with Gasteiger partial charge in [0.05, 0.1) is 0 Å². The molecule has 0 aromatic carbocycles. The Labute approximate surface area is 97.0 Å². The zero-order valence-corrected chi connectivity index (χ0v) is 10.0. The van der Waals surface area contributed by atoms with Crippen molar-refractivity contribution in [3.63, 3.8) is 0 Å². The predicted octanol–water partition coefficient (Wildman–Crippen LogP) is 0.764. The number of nitrogens with one attached hydrogen (secondary N) is 1. The summed E-state index contributed by atoms with van der Waals surface area (Å²) in [5, 5.41) is 3.36. The molecule has 0 saturated carbocycles. The lowest BCUT2D eigenvalue weighted by molar-refractivity contribution is -0.128. The standard InChI is InChI=1S/C11H20N2OS/c14-11-5-10(8-15)7-13(11)6-9-1-3-12-4-2-9/h9-10,12,15H,1-8H2. The zero-order chi connectivity index (χ0) is 10.7. The van der Waals surface area contributed by atoms with Crippen molar-refractivity contribution < 1.29 is 4.79 Å². The van der Waals surface area contributed by atoms with Gasteiger partial charge in [-0.15, -0.1) is 0 Å². The molecule has 15 heavy (non-hydrogen) atoms. The lowest BCUT2D eigenvalue weighted by Gasteiger charge is -2.27. The number of hydrogen-bond donors (Lipinski definition) is 2. The van der Waals surface area contributed by atoms with Crippen LogP contribution in [0.5, 0.6) is 0 Å². The topological polar surface area (TPSA) is 32.3 Å². The van der Waals surface area contributed by atoms with E-state index in [0.29, 0.717) is 24.2 Å². The van der Waals surface area contributed by atoms with E-state index in [9.17, 15) is 4.79 Å². The minimum absolute atomic E-state index is 0.340. The Hall–Kier alpha value is -0.220. The van der Waals surface area contributed by atoms with Crippen LogP contribution in [0, 0.1) is 11.8 Å². The Bertz CT molecular complexity index is 229. The molecule has 2 fully saturated rings. The molecule has 2 rings (SSSR count). The number of hydrogen-bond acceptors (Lipinski definition) is 3. The molecule has 0 aromatic rings. The molecule has 0 aromatic heterocycles. The first-order valence-electron chi connectivity index (χ1n) is 5.89. The fraction of sp³-hybridized carbons (Fsp3) is 0.909. The van der Waals surface area contributed by atoms with E-state index in [1.165, 1.54) is 12.8 Å². The van der Waals surface area contributed by atoms with E-state index in [1.807, 2.05) is 0 Å². The monoisotopic (exact) mass is 228 g/mol. The second kappa shape index (κ2) is 5.21. The molecule has 3 nitrogen and oxygen atoms in total. The van der Waals surface area contributed by atoms with Gasteiger partial charge in [-0.05, 0) is 43.5 Å². The van der Waals surface area contributed by atoms with Crippen molar-refractivity contribution in [3.05, 3.63) is 0 Å². The van der Waals surface area contributed by atoms with Crippen LogP contribution in [0.1, 0.15) is 19.3 Å². The Kier molecular flexibility index (Phi) is 3.92. The molecule has 0 aliphatic carbocycles. The molecule has 1 unspecified atom stereocenters. The normalized spacial score (nSPS) is 28.7. The zero-order valence-electron chi connectivity index (χ0n) is 9.11. The summed E-state index contributed by atoms with van der Waals surface area (Å²) in [5.41, 5.74) is 0. The minimum Gasteiger partial charge on any atom is -0.342 e. The first kappa shape index (κ1) is 11.3. The maximum absolute atomic E-state index is 11.7. The maximum Gasteiger partial charge on any atom is 0.222 e. The minimum atomic E-state index is 0.340. The first-order valence-corrected chi connectivity index (χ1v) is 6.52. The molecule has 4 heteroatoms. The van der Waals surface area contributed by atoms with Gasteiger partial charge in [-0.1, -0.05) is 0 Å². The number of thiol groups is 1. The van der Waals surface area contributed by atoms with Crippen molar-refractivity contribution >= 4 is 18.5 Å². The van der Waals surface area contributed by atoms with Crippen LogP contribution in [-0.4, -0.2) is 42.7 Å². The molecule has 86 valence electrons. The average molecular weight is 228 g/mol. The average Bonchev–Trinajstić information content (AvgIpc) is 2.61. The summed E-state index contributed by atoms with van der Waals surface area (Å²) in [5.74, 6) is 2.39. The second-order valence-electron chi connectivity index (χ2n) is 4.74. The van der Waals surface area contributed by atoms with Gasteiger partial charge in [0.1, 0.15) is 0 Å².